The maximum absolute atomic E-state index is 13.4. The molecular weight excluding hydrogens is 631 g/mol. The molecule has 1 aromatic heterocycles. The van der Waals surface area contributed by atoms with Gasteiger partial charge in [0.15, 0.2) is 0 Å². The molecule has 0 spiro atoms. The molecule has 2 aromatic rings. The van der Waals surface area contributed by atoms with E-state index in [2.05, 4.69) is 4.98 Å². The van der Waals surface area contributed by atoms with Crippen LogP contribution < -0.4 is 0 Å². The number of rotatable bonds is 6. The van der Waals surface area contributed by atoms with Crippen LogP contribution >= 0.6 is 11.3 Å². The molecule has 0 radical (unpaired) electrons. The van der Waals surface area contributed by atoms with E-state index < -0.39 is 57.8 Å². The fraction of sp³-hybridized carbons (Fsp3) is 0.618. The molecule has 0 amide bonds. The van der Waals surface area contributed by atoms with Crippen molar-refractivity contribution in [3.63, 3.8) is 0 Å². The van der Waals surface area contributed by atoms with Gasteiger partial charge in [-0.2, -0.15) is 8.42 Å². The van der Waals surface area contributed by atoms with Gasteiger partial charge in [0.25, 0.3) is 10.1 Å². The Labute approximate surface area is 276 Å². The Bertz CT molecular complexity index is 1530. The molecule has 2 saturated heterocycles. The first-order chi connectivity index (χ1) is 21.4. The number of benzene rings is 1. The molecule has 254 valence electrons. The van der Waals surface area contributed by atoms with Gasteiger partial charge in [-0.25, -0.2) is 4.98 Å². The number of carbonyl (C=O) groups excluding carboxylic acids is 2. The third-order valence-electron chi connectivity index (χ3n) is 9.51. The van der Waals surface area contributed by atoms with Crippen molar-refractivity contribution >= 4 is 39.3 Å². The fourth-order valence-corrected chi connectivity index (χ4v) is 7.59. The largest absolute Gasteiger partial charge is 0.458 e. The van der Waals surface area contributed by atoms with E-state index in [1.165, 1.54) is 23.5 Å². The maximum Gasteiger partial charge on any atom is 0.309 e. The van der Waals surface area contributed by atoms with E-state index in [-0.39, 0.29) is 29.3 Å². The summed E-state index contributed by atoms with van der Waals surface area (Å²) in [6, 6.07) is 6.40. The predicted octanol–water partition coefficient (Wildman–Crippen LogP) is 5.38. The molecule has 12 heteroatoms. The van der Waals surface area contributed by atoms with Crippen molar-refractivity contribution in [2.75, 3.05) is 0 Å². The third-order valence-corrected chi connectivity index (χ3v) is 11.6. The normalized spacial score (nSPS) is 31.6. The lowest BCUT2D eigenvalue weighted by atomic mass is 9.73. The number of nitrogens with zero attached hydrogens (tertiary/aromatic N) is 1. The Morgan fingerprint density at radius 1 is 1.15 bits per heavy atom. The van der Waals surface area contributed by atoms with Crippen molar-refractivity contribution in [3.05, 3.63) is 51.5 Å². The van der Waals surface area contributed by atoms with Crippen LogP contribution in [0.2, 0.25) is 0 Å². The second-order valence-electron chi connectivity index (χ2n) is 13.7. The highest BCUT2D eigenvalue weighted by atomic mass is 32.2. The van der Waals surface area contributed by atoms with Crippen LogP contribution in [0.3, 0.4) is 0 Å². The van der Waals surface area contributed by atoms with Gasteiger partial charge in [-0.1, -0.05) is 51.8 Å². The number of carbonyl (C=O) groups is 2. The molecule has 2 N–H and O–H groups in total. The van der Waals surface area contributed by atoms with E-state index in [1.54, 1.807) is 44.4 Å². The molecule has 1 aromatic carbocycles. The second kappa shape index (κ2) is 14.3. The van der Waals surface area contributed by atoms with E-state index in [9.17, 15) is 28.2 Å². The van der Waals surface area contributed by atoms with Crippen molar-refractivity contribution in [1.29, 1.82) is 0 Å². The number of Topliss-reactive ketones (excluding diaryl/α,β-unsaturated/α-hetero) is 1. The number of aromatic nitrogens is 1. The number of ketones is 1. The SMILES string of the molecule is CC(=Cc1csc(COS(=O)(=O)c2ccc(C)cc2)n1)C1CC2OC2(C)CCCC(C)C(O)C(C)C(=O)C(C)(C)C(O)CC(=O)O1. The first-order valence-corrected chi connectivity index (χ1v) is 18.1. The van der Waals surface area contributed by atoms with E-state index in [4.69, 9.17) is 13.7 Å². The van der Waals surface area contributed by atoms with Crippen LogP contribution in [0.25, 0.3) is 6.08 Å². The molecule has 2 aliphatic heterocycles. The Kier molecular flexibility index (Phi) is 11.3. The zero-order valence-electron chi connectivity index (χ0n) is 27.7. The Morgan fingerprint density at radius 2 is 1.83 bits per heavy atom. The van der Waals surface area contributed by atoms with Gasteiger partial charge in [0.2, 0.25) is 0 Å². The number of hydrogen-bond acceptors (Lipinski definition) is 11. The third kappa shape index (κ3) is 8.70. The average molecular weight is 678 g/mol. The number of epoxide rings is 1. The molecule has 46 heavy (non-hydrogen) atoms. The van der Waals surface area contributed by atoms with Crippen LogP contribution in [0.1, 0.15) is 89.9 Å². The molecule has 7 unspecified atom stereocenters. The molecule has 2 fully saturated rings. The summed E-state index contributed by atoms with van der Waals surface area (Å²) in [6.07, 6.45) is 1.03. The zero-order chi connectivity index (χ0) is 34.0. The van der Waals surface area contributed by atoms with Crippen LogP contribution in [0.4, 0.5) is 0 Å². The van der Waals surface area contributed by atoms with Gasteiger partial charge in [0.05, 0.1) is 46.3 Å². The monoisotopic (exact) mass is 677 g/mol. The highest BCUT2D eigenvalue weighted by Crippen LogP contribution is 2.45. The van der Waals surface area contributed by atoms with E-state index in [1.807, 2.05) is 27.7 Å². The molecule has 2 aliphatic rings. The van der Waals surface area contributed by atoms with Gasteiger partial charge < -0.3 is 19.7 Å². The minimum atomic E-state index is -3.95. The molecule has 0 bridgehead atoms. The molecule has 4 rings (SSSR count). The Hall–Kier alpha value is -2.48. The van der Waals surface area contributed by atoms with Gasteiger partial charge in [-0.15, -0.1) is 11.3 Å². The summed E-state index contributed by atoms with van der Waals surface area (Å²) in [5, 5.41) is 24.1. The van der Waals surface area contributed by atoms with E-state index in [0.717, 1.165) is 18.4 Å². The smallest absolute Gasteiger partial charge is 0.309 e. The van der Waals surface area contributed by atoms with Gasteiger partial charge in [0, 0.05) is 17.7 Å². The number of ether oxygens (including phenoxy) is 2. The highest BCUT2D eigenvalue weighted by molar-refractivity contribution is 7.86. The predicted molar refractivity (Wildman–Crippen MR) is 174 cm³/mol. The minimum Gasteiger partial charge on any atom is -0.458 e. The molecule has 0 aliphatic carbocycles. The van der Waals surface area contributed by atoms with Crippen LogP contribution in [-0.4, -0.2) is 65.4 Å². The standard InChI is InChI=1S/C34H47NO9S2/c1-20-10-12-25(13-11-20)46(40,41)42-18-29-35-24(19-45-29)15-22(3)26-16-28-34(7,44-28)14-8-9-21(2)31(38)23(4)32(39)33(5,6)27(36)17-30(37)43-26/h10-13,15,19,21,23,26-28,31,36,38H,8-9,14,16-18H2,1-7H3. The zero-order valence-corrected chi connectivity index (χ0v) is 29.3. The lowest BCUT2D eigenvalue weighted by Gasteiger charge is -2.34. The van der Waals surface area contributed by atoms with Crippen LogP contribution in [0.15, 0.2) is 40.1 Å². The number of aryl methyl sites for hydroxylation is 1. The van der Waals surface area contributed by atoms with Crippen LogP contribution in [0, 0.1) is 24.2 Å². The number of cyclic esters (lactones) is 1. The van der Waals surface area contributed by atoms with E-state index >= 15 is 0 Å². The number of aliphatic hydroxyl groups is 2. The topological polar surface area (TPSA) is 153 Å². The van der Waals surface area contributed by atoms with E-state index in [0.29, 0.717) is 29.1 Å². The summed E-state index contributed by atoms with van der Waals surface area (Å²) in [6.45, 7) is 12.3. The summed E-state index contributed by atoms with van der Waals surface area (Å²) in [7, 11) is -3.95. The van der Waals surface area contributed by atoms with Gasteiger partial charge in [-0.05, 0) is 63.3 Å². The second-order valence-corrected chi connectivity index (χ2v) is 16.2. The molecule has 7 atom stereocenters. The summed E-state index contributed by atoms with van der Waals surface area (Å²) >= 11 is 1.25. The summed E-state index contributed by atoms with van der Waals surface area (Å²) < 4.78 is 42.4. The van der Waals surface area contributed by atoms with Crippen molar-refractivity contribution in [2.24, 2.45) is 17.3 Å². The van der Waals surface area contributed by atoms with Crippen molar-refractivity contribution in [2.45, 2.75) is 122 Å². The van der Waals surface area contributed by atoms with Gasteiger partial charge in [-0.3, -0.25) is 13.8 Å². The first-order valence-electron chi connectivity index (χ1n) is 15.8. The Balaban J connectivity index is 1.50. The van der Waals surface area contributed by atoms with Crippen molar-refractivity contribution in [3.8, 4) is 0 Å². The molecular formula is C34H47NO9S2. The number of hydrogen-bond donors (Lipinski definition) is 2. The van der Waals surface area contributed by atoms with Gasteiger partial charge in [0.1, 0.15) is 23.5 Å². The number of aliphatic hydroxyl groups excluding tert-OH is 2. The van der Waals surface area contributed by atoms with Crippen molar-refractivity contribution < 1.29 is 41.9 Å². The first kappa shape index (κ1) is 36.4. The number of fused-ring (bicyclic) bond motifs is 1. The van der Waals surface area contributed by atoms with Crippen molar-refractivity contribution in [1.82, 2.24) is 4.98 Å². The summed E-state index contributed by atoms with van der Waals surface area (Å²) in [5.41, 5.74) is 0.523. The number of esters is 1. The summed E-state index contributed by atoms with van der Waals surface area (Å²) in [5.74, 6) is -1.80. The molecule has 0 saturated carbocycles. The lowest BCUT2D eigenvalue weighted by molar-refractivity contribution is -0.154. The summed E-state index contributed by atoms with van der Waals surface area (Å²) in [4.78, 5) is 31.1. The minimum absolute atomic E-state index is 0.0706. The Morgan fingerprint density at radius 3 is 2.50 bits per heavy atom. The maximum atomic E-state index is 13.4. The number of thiazole rings is 1. The average Bonchev–Trinajstić information content (AvgIpc) is 3.40. The quantitative estimate of drug-likeness (QED) is 0.231. The molecule has 3 heterocycles. The highest BCUT2D eigenvalue weighted by Gasteiger charge is 2.53. The van der Waals surface area contributed by atoms with Crippen LogP contribution in [0.5, 0.6) is 0 Å². The molecule has 10 nitrogen and oxygen atoms in total. The van der Waals surface area contributed by atoms with Crippen LogP contribution in [-0.2, 0) is 40.0 Å². The lowest BCUT2D eigenvalue weighted by Crippen LogP contribution is -2.45. The van der Waals surface area contributed by atoms with Gasteiger partial charge >= 0.3 is 5.97 Å². The fourth-order valence-electron chi connectivity index (χ4n) is 5.98.